The second kappa shape index (κ2) is 4.70. The Morgan fingerprint density at radius 3 is 2.57 bits per heavy atom. The number of para-hydroxylation sites is 1. The quantitative estimate of drug-likeness (QED) is 0.576. The highest BCUT2D eigenvalue weighted by Crippen LogP contribution is 2.27. The van der Waals surface area contributed by atoms with Crippen LogP contribution < -0.4 is 0 Å². The summed E-state index contributed by atoms with van der Waals surface area (Å²) < 4.78 is 13.0. The molecule has 0 amide bonds. The highest BCUT2D eigenvalue weighted by molar-refractivity contribution is 6.07. The van der Waals surface area contributed by atoms with Crippen molar-refractivity contribution in [2.24, 2.45) is 0 Å². The Balaban J connectivity index is 1.86. The van der Waals surface area contributed by atoms with Gasteiger partial charge in [-0.1, -0.05) is 30.3 Å². The molecule has 102 valence electrons. The predicted octanol–water partition coefficient (Wildman–Crippen LogP) is 4.45. The van der Waals surface area contributed by atoms with Gasteiger partial charge in [0.1, 0.15) is 5.82 Å². The van der Waals surface area contributed by atoms with Gasteiger partial charge in [-0.05, 0) is 29.8 Å². The Morgan fingerprint density at radius 1 is 0.905 bits per heavy atom. The molecule has 2 aromatic carbocycles. The average molecular weight is 276 g/mol. The number of aromatic nitrogens is 2. The van der Waals surface area contributed by atoms with Gasteiger partial charge in [-0.25, -0.2) is 4.39 Å². The van der Waals surface area contributed by atoms with Crippen molar-refractivity contribution in [3.8, 4) is 0 Å². The van der Waals surface area contributed by atoms with Gasteiger partial charge in [0.15, 0.2) is 0 Å². The summed E-state index contributed by atoms with van der Waals surface area (Å²) in [6.07, 6.45) is 2.52. The van der Waals surface area contributed by atoms with Crippen molar-refractivity contribution in [2.45, 2.75) is 6.42 Å². The molecule has 2 heterocycles. The minimum atomic E-state index is -0.212. The number of hydrogen-bond donors (Lipinski definition) is 1. The summed E-state index contributed by atoms with van der Waals surface area (Å²) in [5, 5.41) is 2.38. The molecule has 1 N–H and O–H groups in total. The van der Waals surface area contributed by atoms with Gasteiger partial charge in [-0.15, -0.1) is 0 Å². The fraction of sp³-hybridized carbons (Fsp3) is 0.0556. The zero-order valence-electron chi connectivity index (χ0n) is 11.3. The molecule has 0 saturated heterocycles. The minimum Gasteiger partial charge on any atom is -0.353 e. The first-order chi connectivity index (χ1) is 10.3. The molecular weight excluding hydrogens is 263 g/mol. The second-order valence-corrected chi connectivity index (χ2v) is 5.15. The van der Waals surface area contributed by atoms with Crippen molar-refractivity contribution in [1.82, 2.24) is 9.97 Å². The fourth-order valence-electron chi connectivity index (χ4n) is 2.76. The molecule has 0 aliphatic heterocycles. The van der Waals surface area contributed by atoms with Crippen LogP contribution in [0.15, 0.2) is 60.8 Å². The summed E-state index contributed by atoms with van der Waals surface area (Å²) in [4.78, 5) is 7.94. The van der Waals surface area contributed by atoms with Crippen LogP contribution in [0.2, 0.25) is 0 Å². The van der Waals surface area contributed by atoms with E-state index in [-0.39, 0.29) is 5.82 Å². The Labute approximate surface area is 121 Å². The Kier molecular flexibility index (Phi) is 2.71. The second-order valence-electron chi connectivity index (χ2n) is 5.15. The lowest BCUT2D eigenvalue weighted by Gasteiger charge is -2.03. The van der Waals surface area contributed by atoms with Crippen LogP contribution in [0.4, 0.5) is 4.39 Å². The number of hydrogen-bond acceptors (Lipinski definition) is 1. The summed E-state index contributed by atoms with van der Waals surface area (Å²) in [7, 11) is 0. The van der Waals surface area contributed by atoms with Crippen LogP contribution in [-0.2, 0) is 6.42 Å². The molecule has 2 nitrogen and oxygen atoms in total. The standard InChI is InChI=1S/C18H13FN2/c19-13-7-5-12(6-8-13)11-17-18-15(9-10-20-17)14-3-1-2-4-16(14)21-18/h1-10,21H,11H2. The van der Waals surface area contributed by atoms with Crippen LogP contribution in [0.5, 0.6) is 0 Å². The maximum absolute atomic E-state index is 13.0. The molecular formula is C18H13FN2. The summed E-state index contributed by atoms with van der Waals surface area (Å²) in [5.74, 6) is -0.212. The molecule has 21 heavy (non-hydrogen) atoms. The van der Waals surface area contributed by atoms with Crippen molar-refractivity contribution in [1.29, 1.82) is 0 Å². The van der Waals surface area contributed by atoms with Crippen LogP contribution in [0.25, 0.3) is 21.8 Å². The van der Waals surface area contributed by atoms with E-state index in [1.165, 1.54) is 22.9 Å². The molecule has 2 aromatic heterocycles. The van der Waals surface area contributed by atoms with E-state index in [0.29, 0.717) is 6.42 Å². The summed E-state index contributed by atoms with van der Waals surface area (Å²) in [5.41, 5.74) is 4.20. The average Bonchev–Trinajstić information content (AvgIpc) is 2.89. The highest BCUT2D eigenvalue weighted by atomic mass is 19.1. The first-order valence-electron chi connectivity index (χ1n) is 6.90. The molecule has 0 spiro atoms. The van der Waals surface area contributed by atoms with Crippen LogP contribution in [0.3, 0.4) is 0 Å². The van der Waals surface area contributed by atoms with Gasteiger partial charge in [0, 0.05) is 28.9 Å². The van der Waals surface area contributed by atoms with Crippen molar-refractivity contribution in [3.05, 3.63) is 77.9 Å². The van der Waals surface area contributed by atoms with E-state index in [4.69, 9.17) is 0 Å². The third kappa shape index (κ3) is 2.07. The summed E-state index contributed by atoms with van der Waals surface area (Å²) >= 11 is 0. The Morgan fingerprint density at radius 2 is 1.71 bits per heavy atom. The van der Waals surface area contributed by atoms with Gasteiger partial charge in [0.05, 0.1) is 11.2 Å². The Bertz CT molecular complexity index is 923. The maximum atomic E-state index is 13.0. The van der Waals surface area contributed by atoms with E-state index >= 15 is 0 Å². The number of nitrogens with zero attached hydrogens (tertiary/aromatic N) is 1. The number of aromatic amines is 1. The van der Waals surface area contributed by atoms with Crippen LogP contribution in [0, 0.1) is 5.82 Å². The maximum Gasteiger partial charge on any atom is 0.123 e. The molecule has 0 aliphatic rings. The zero-order valence-corrected chi connectivity index (χ0v) is 11.3. The third-order valence-electron chi connectivity index (χ3n) is 3.79. The predicted molar refractivity (Wildman–Crippen MR) is 82.8 cm³/mol. The molecule has 4 rings (SSSR count). The molecule has 4 aromatic rings. The van der Waals surface area contributed by atoms with Crippen LogP contribution in [-0.4, -0.2) is 9.97 Å². The van der Waals surface area contributed by atoms with Gasteiger partial charge >= 0.3 is 0 Å². The van der Waals surface area contributed by atoms with Gasteiger partial charge in [-0.3, -0.25) is 4.98 Å². The minimum absolute atomic E-state index is 0.212. The van der Waals surface area contributed by atoms with E-state index in [0.717, 1.165) is 22.3 Å². The van der Waals surface area contributed by atoms with E-state index < -0.39 is 0 Å². The van der Waals surface area contributed by atoms with Crippen molar-refractivity contribution >= 4 is 21.8 Å². The zero-order chi connectivity index (χ0) is 14.2. The largest absolute Gasteiger partial charge is 0.353 e. The van der Waals surface area contributed by atoms with E-state index in [9.17, 15) is 4.39 Å². The normalized spacial score (nSPS) is 11.3. The number of pyridine rings is 1. The lowest BCUT2D eigenvalue weighted by Crippen LogP contribution is -1.93. The van der Waals surface area contributed by atoms with Gasteiger partial charge in [0.25, 0.3) is 0 Å². The van der Waals surface area contributed by atoms with Crippen molar-refractivity contribution < 1.29 is 4.39 Å². The number of nitrogens with one attached hydrogen (secondary N) is 1. The highest BCUT2D eigenvalue weighted by Gasteiger charge is 2.09. The van der Waals surface area contributed by atoms with Crippen molar-refractivity contribution in [3.63, 3.8) is 0 Å². The van der Waals surface area contributed by atoms with Crippen LogP contribution >= 0.6 is 0 Å². The van der Waals surface area contributed by atoms with Crippen molar-refractivity contribution in [2.75, 3.05) is 0 Å². The number of H-pyrrole nitrogens is 1. The smallest absolute Gasteiger partial charge is 0.123 e. The SMILES string of the molecule is Fc1ccc(Cc2nccc3c2[nH]c2ccccc23)cc1. The number of halogens is 1. The fourth-order valence-corrected chi connectivity index (χ4v) is 2.76. The molecule has 0 aliphatic carbocycles. The lowest BCUT2D eigenvalue weighted by molar-refractivity contribution is 0.627. The number of rotatable bonds is 2. The summed E-state index contributed by atoms with van der Waals surface area (Å²) in [6, 6.07) is 16.8. The molecule has 0 saturated carbocycles. The van der Waals surface area contributed by atoms with Gasteiger partial charge in [0.2, 0.25) is 0 Å². The molecule has 0 fully saturated rings. The first kappa shape index (κ1) is 12.1. The molecule has 0 radical (unpaired) electrons. The lowest BCUT2D eigenvalue weighted by atomic mass is 10.1. The van der Waals surface area contributed by atoms with Gasteiger partial charge in [-0.2, -0.15) is 0 Å². The monoisotopic (exact) mass is 276 g/mol. The number of fused-ring (bicyclic) bond motifs is 3. The number of benzene rings is 2. The van der Waals surface area contributed by atoms with Crippen LogP contribution in [0.1, 0.15) is 11.3 Å². The van der Waals surface area contributed by atoms with E-state index in [2.05, 4.69) is 22.1 Å². The molecule has 0 unspecified atom stereocenters. The first-order valence-corrected chi connectivity index (χ1v) is 6.90. The third-order valence-corrected chi connectivity index (χ3v) is 3.79. The molecule has 3 heteroatoms. The summed E-state index contributed by atoms with van der Waals surface area (Å²) in [6.45, 7) is 0. The molecule has 0 atom stereocenters. The topological polar surface area (TPSA) is 28.7 Å². The van der Waals surface area contributed by atoms with E-state index in [1.807, 2.05) is 24.4 Å². The Hall–Kier alpha value is -2.68. The van der Waals surface area contributed by atoms with Gasteiger partial charge < -0.3 is 4.98 Å². The van der Waals surface area contributed by atoms with E-state index in [1.54, 1.807) is 12.1 Å². The molecule has 0 bridgehead atoms.